The van der Waals surface area contributed by atoms with Crippen molar-refractivity contribution in [1.29, 1.82) is 0 Å². The molecule has 2 N–H and O–H groups in total. The minimum atomic E-state index is -0.469. The van der Waals surface area contributed by atoms with Crippen molar-refractivity contribution in [3.05, 3.63) is 119 Å². The van der Waals surface area contributed by atoms with Crippen molar-refractivity contribution in [1.82, 2.24) is 0 Å². The maximum atomic E-state index is 12.7. The van der Waals surface area contributed by atoms with E-state index >= 15 is 0 Å². The Kier molecular flexibility index (Phi) is 13.4. The first kappa shape index (κ1) is 35.2. The van der Waals surface area contributed by atoms with E-state index in [9.17, 15) is 15.0 Å². The Morgan fingerprint density at radius 2 is 1.21 bits per heavy atom. The van der Waals surface area contributed by atoms with Crippen LogP contribution in [0.5, 0.6) is 0 Å². The van der Waals surface area contributed by atoms with E-state index in [0.29, 0.717) is 12.8 Å². The zero-order valence-corrected chi connectivity index (χ0v) is 27.4. The molecule has 0 bridgehead atoms. The van der Waals surface area contributed by atoms with E-state index < -0.39 is 5.41 Å². The van der Waals surface area contributed by atoms with E-state index in [1.165, 1.54) is 16.7 Å². The topological polar surface area (TPSA) is 57.5 Å². The molecule has 1 fully saturated rings. The van der Waals surface area contributed by atoms with Crippen LogP contribution in [-0.2, 0) is 4.79 Å². The molecule has 3 nitrogen and oxygen atoms in total. The number of carbonyl (C=O) groups excluding carboxylic acids is 1. The molecule has 2 rings (SSSR count). The quantitative estimate of drug-likeness (QED) is 0.192. The van der Waals surface area contributed by atoms with Crippen LogP contribution in [0, 0.1) is 16.7 Å². The van der Waals surface area contributed by atoms with Crippen LogP contribution in [0.3, 0.4) is 0 Å². The molecule has 0 spiro atoms. The van der Waals surface area contributed by atoms with Gasteiger partial charge in [-0.2, -0.15) is 0 Å². The Balaban J connectivity index is 1.87. The molecule has 0 aromatic heterocycles. The third-order valence-corrected chi connectivity index (χ3v) is 8.69. The third kappa shape index (κ3) is 11.0. The Labute approximate surface area is 255 Å². The highest BCUT2D eigenvalue weighted by Gasteiger charge is 2.45. The van der Waals surface area contributed by atoms with Gasteiger partial charge in [-0.05, 0) is 83.3 Å². The first-order valence-corrected chi connectivity index (χ1v) is 15.3. The second-order valence-corrected chi connectivity index (χ2v) is 13.3. The molecule has 4 atom stereocenters. The van der Waals surface area contributed by atoms with Gasteiger partial charge >= 0.3 is 0 Å². The minimum Gasteiger partial charge on any atom is -0.393 e. The molecule has 3 heteroatoms. The van der Waals surface area contributed by atoms with Crippen LogP contribution in [0.1, 0.15) is 88.0 Å². The van der Waals surface area contributed by atoms with E-state index in [0.717, 1.165) is 29.6 Å². The molecule has 1 unspecified atom stereocenters. The molecular formula is C39H54O3. The highest BCUT2D eigenvalue weighted by Crippen LogP contribution is 2.44. The Bertz CT molecular complexity index is 1270. The standard InChI is InChI=1S/C39H54O3/c1-28(16-12-18-30(3)20-22-36-32(5)24-34(40)26-38(36,7)8)14-10-11-15-29(2)17-13-19-31(4)21-23-37(42)39(9)27-35(41)25-33(39)6/h10-23,33-35,40-41H,24-27H2,1-9H3/t33-,34-,35+,39?/m1/s1. The van der Waals surface area contributed by atoms with Crippen LogP contribution < -0.4 is 0 Å². The number of allylic oxidation sites excluding steroid dienone is 19. The molecule has 0 aromatic carbocycles. The van der Waals surface area contributed by atoms with Crippen LogP contribution in [0.15, 0.2) is 119 Å². The van der Waals surface area contributed by atoms with E-state index in [4.69, 9.17) is 0 Å². The van der Waals surface area contributed by atoms with Crippen molar-refractivity contribution in [2.45, 2.75) is 100 Å². The van der Waals surface area contributed by atoms with Gasteiger partial charge in [0, 0.05) is 5.41 Å². The molecule has 0 amide bonds. The lowest BCUT2D eigenvalue weighted by Crippen LogP contribution is -2.29. The highest BCUT2D eigenvalue weighted by molar-refractivity contribution is 5.95. The van der Waals surface area contributed by atoms with Gasteiger partial charge in [0.25, 0.3) is 0 Å². The van der Waals surface area contributed by atoms with Crippen molar-refractivity contribution < 1.29 is 15.0 Å². The van der Waals surface area contributed by atoms with E-state index in [1.54, 1.807) is 6.08 Å². The van der Waals surface area contributed by atoms with Gasteiger partial charge in [0.15, 0.2) is 5.78 Å². The summed E-state index contributed by atoms with van der Waals surface area (Å²) in [6, 6.07) is 0. The fraction of sp³-hybridized carbons (Fsp3) is 0.462. The summed E-state index contributed by atoms with van der Waals surface area (Å²) >= 11 is 0. The number of aliphatic hydroxyl groups is 2. The van der Waals surface area contributed by atoms with Crippen molar-refractivity contribution in [3.8, 4) is 0 Å². The lowest BCUT2D eigenvalue weighted by atomic mass is 9.71. The van der Waals surface area contributed by atoms with Gasteiger partial charge in [0.1, 0.15) is 0 Å². The first-order chi connectivity index (χ1) is 19.6. The van der Waals surface area contributed by atoms with Gasteiger partial charge < -0.3 is 10.2 Å². The summed E-state index contributed by atoms with van der Waals surface area (Å²) in [6.45, 7) is 18.8. The molecule has 0 aromatic rings. The van der Waals surface area contributed by atoms with Crippen LogP contribution in [0.2, 0.25) is 0 Å². The molecule has 228 valence electrons. The monoisotopic (exact) mass is 570 g/mol. The summed E-state index contributed by atoms with van der Waals surface area (Å²) < 4.78 is 0. The summed E-state index contributed by atoms with van der Waals surface area (Å²) in [7, 11) is 0. The molecule has 2 aliphatic rings. The Morgan fingerprint density at radius 3 is 1.71 bits per heavy atom. The summed E-state index contributed by atoms with van der Waals surface area (Å²) in [6.07, 6.45) is 30.7. The van der Waals surface area contributed by atoms with Crippen molar-refractivity contribution in [2.24, 2.45) is 16.7 Å². The zero-order valence-electron chi connectivity index (χ0n) is 27.4. The average Bonchev–Trinajstić information content (AvgIpc) is 3.15. The fourth-order valence-electron chi connectivity index (χ4n) is 5.92. The lowest BCUT2D eigenvalue weighted by Gasteiger charge is -2.35. The molecule has 2 aliphatic carbocycles. The number of ketones is 1. The van der Waals surface area contributed by atoms with Crippen LogP contribution in [0.25, 0.3) is 0 Å². The molecule has 0 saturated heterocycles. The third-order valence-electron chi connectivity index (χ3n) is 8.69. The first-order valence-electron chi connectivity index (χ1n) is 15.3. The smallest absolute Gasteiger partial charge is 0.161 e. The molecule has 0 aliphatic heterocycles. The van der Waals surface area contributed by atoms with E-state index in [1.807, 2.05) is 50.3 Å². The van der Waals surface area contributed by atoms with Crippen LogP contribution in [0.4, 0.5) is 0 Å². The SMILES string of the molecule is CC(C=CC=C(C)C=CC(=O)C1(C)C[C@@H](O)C[C@H]1C)=CC=CC=C(C)C=CC=C(C)C=CC1=C(C)C[C@@H](O)CC1(C)C. The Hall–Kier alpha value is -3.01. The maximum absolute atomic E-state index is 12.7. The Morgan fingerprint density at radius 1 is 0.714 bits per heavy atom. The van der Waals surface area contributed by atoms with Gasteiger partial charge in [-0.25, -0.2) is 0 Å². The lowest BCUT2D eigenvalue weighted by molar-refractivity contribution is -0.124. The van der Waals surface area contributed by atoms with Gasteiger partial charge in [0.2, 0.25) is 0 Å². The van der Waals surface area contributed by atoms with Gasteiger partial charge in [-0.3, -0.25) is 4.79 Å². The van der Waals surface area contributed by atoms with Gasteiger partial charge in [-0.1, -0.05) is 135 Å². The molecule has 1 saturated carbocycles. The summed E-state index contributed by atoms with van der Waals surface area (Å²) in [4.78, 5) is 12.7. The van der Waals surface area contributed by atoms with Crippen molar-refractivity contribution in [3.63, 3.8) is 0 Å². The van der Waals surface area contributed by atoms with Crippen molar-refractivity contribution >= 4 is 5.78 Å². The van der Waals surface area contributed by atoms with E-state index in [2.05, 4.69) is 91.0 Å². The zero-order chi connectivity index (χ0) is 31.5. The molecule has 42 heavy (non-hydrogen) atoms. The number of hydrogen-bond donors (Lipinski definition) is 2. The summed E-state index contributed by atoms with van der Waals surface area (Å²) in [5, 5.41) is 20.0. The van der Waals surface area contributed by atoms with Crippen LogP contribution in [-0.4, -0.2) is 28.2 Å². The number of hydrogen-bond acceptors (Lipinski definition) is 3. The molecule has 0 heterocycles. The predicted molar refractivity (Wildman–Crippen MR) is 180 cm³/mol. The number of rotatable bonds is 11. The second kappa shape index (κ2) is 16.0. The molecular weight excluding hydrogens is 516 g/mol. The fourth-order valence-corrected chi connectivity index (χ4v) is 5.92. The maximum Gasteiger partial charge on any atom is 0.161 e. The number of carbonyl (C=O) groups is 1. The summed E-state index contributed by atoms with van der Waals surface area (Å²) in [5.74, 6) is 0.289. The van der Waals surface area contributed by atoms with E-state index in [-0.39, 0.29) is 29.3 Å². The predicted octanol–water partition coefficient (Wildman–Crippen LogP) is 9.42. The van der Waals surface area contributed by atoms with Gasteiger partial charge in [0.05, 0.1) is 12.2 Å². The van der Waals surface area contributed by atoms with Crippen LogP contribution >= 0.6 is 0 Å². The average molecular weight is 571 g/mol. The highest BCUT2D eigenvalue weighted by atomic mass is 16.3. The van der Waals surface area contributed by atoms with Crippen molar-refractivity contribution in [2.75, 3.05) is 0 Å². The minimum absolute atomic E-state index is 0.00414. The summed E-state index contributed by atoms with van der Waals surface area (Å²) in [5.41, 5.74) is 6.63. The number of aliphatic hydroxyl groups excluding tert-OH is 2. The largest absolute Gasteiger partial charge is 0.393 e. The normalized spacial score (nSPS) is 28.6. The molecule has 0 radical (unpaired) electrons. The van der Waals surface area contributed by atoms with Gasteiger partial charge in [-0.15, -0.1) is 0 Å². The second-order valence-electron chi connectivity index (χ2n) is 13.3.